The van der Waals surface area contributed by atoms with Gasteiger partial charge in [-0.05, 0) is 26.0 Å². The van der Waals surface area contributed by atoms with E-state index < -0.39 is 5.54 Å². The van der Waals surface area contributed by atoms with E-state index in [4.69, 9.17) is 0 Å². The monoisotopic (exact) mass is 286 g/mol. The molecule has 0 spiro atoms. The Hall–Kier alpha value is -2.37. The van der Waals surface area contributed by atoms with Crippen molar-refractivity contribution in [3.63, 3.8) is 0 Å². The second-order valence-electron chi connectivity index (χ2n) is 5.74. The molecule has 1 aliphatic heterocycles. The van der Waals surface area contributed by atoms with Gasteiger partial charge in [0, 0.05) is 25.5 Å². The average molecular weight is 286 g/mol. The molecule has 1 N–H and O–H groups in total. The number of carbonyl (C=O) groups is 2. The lowest BCUT2D eigenvalue weighted by molar-refractivity contribution is -0.148. The van der Waals surface area contributed by atoms with Gasteiger partial charge in [0.05, 0.1) is 12.1 Å². The normalized spacial score (nSPS) is 17.8. The largest absolute Gasteiger partial charge is 0.352 e. The molecule has 3 heterocycles. The molecule has 0 aliphatic carbocycles. The van der Waals surface area contributed by atoms with Crippen molar-refractivity contribution in [1.29, 1.82) is 0 Å². The maximum atomic E-state index is 12.5. The van der Waals surface area contributed by atoms with Crippen molar-refractivity contribution in [1.82, 2.24) is 19.6 Å². The second-order valence-corrected chi connectivity index (χ2v) is 5.74. The van der Waals surface area contributed by atoms with Crippen molar-refractivity contribution < 1.29 is 9.59 Å². The summed E-state index contributed by atoms with van der Waals surface area (Å²) in [5.74, 6) is -0.185. The Kier molecular flexibility index (Phi) is 3.16. The molecule has 21 heavy (non-hydrogen) atoms. The van der Waals surface area contributed by atoms with Crippen molar-refractivity contribution >= 4 is 17.5 Å². The quantitative estimate of drug-likeness (QED) is 0.880. The lowest BCUT2D eigenvalue weighted by Crippen LogP contribution is -2.63. The van der Waals surface area contributed by atoms with Crippen molar-refractivity contribution in [2.75, 3.05) is 13.1 Å². The number of piperazine rings is 1. The molecule has 0 bridgehead atoms. The Balaban J connectivity index is 1.80. The molecule has 2 amide bonds. The van der Waals surface area contributed by atoms with Crippen LogP contribution >= 0.6 is 0 Å². The van der Waals surface area contributed by atoms with Gasteiger partial charge in [-0.2, -0.15) is 0 Å². The van der Waals surface area contributed by atoms with E-state index in [-0.39, 0.29) is 18.2 Å². The molecule has 6 heteroatoms. The smallest absolute Gasteiger partial charge is 0.245 e. The number of hydrogen-bond acceptors (Lipinski definition) is 3. The number of carbonyl (C=O) groups excluding carboxylic acids is 2. The summed E-state index contributed by atoms with van der Waals surface area (Å²) in [6, 6.07) is 5.72. The Morgan fingerprint density at radius 1 is 1.43 bits per heavy atom. The van der Waals surface area contributed by atoms with E-state index in [1.807, 2.05) is 35.0 Å². The molecule has 0 aromatic carbocycles. The molecular weight excluding hydrogens is 268 g/mol. The number of nitrogens with one attached hydrogen (secondary N) is 1. The SMILES string of the molecule is CC1(C)C(=O)NCCN1C(=O)Cc1cn2ccccc2n1. The first-order chi connectivity index (χ1) is 9.98. The average Bonchev–Trinajstić information content (AvgIpc) is 2.83. The Morgan fingerprint density at radius 3 is 3.00 bits per heavy atom. The van der Waals surface area contributed by atoms with Crippen LogP contribution in [0.2, 0.25) is 0 Å². The number of nitrogens with zero attached hydrogens (tertiary/aromatic N) is 3. The molecule has 1 aliphatic rings. The Morgan fingerprint density at radius 2 is 2.24 bits per heavy atom. The fourth-order valence-electron chi connectivity index (χ4n) is 2.66. The van der Waals surface area contributed by atoms with Gasteiger partial charge in [0.15, 0.2) is 0 Å². The van der Waals surface area contributed by atoms with E-state index in [0.29, 0.717) is 18.8 Å². The molecule has 1 fully saturated rings. The van der Waals surface area contributed by atoms with Gasteiger partial charge in [-0.3, -0.25) is 9.59 Å². The van der Waals surface area contributed by atoms with Gasteiger partial charge >= 0.3 is 0 Å². The van der Waals surface area contributed by atoms with E-state index in [9.17, 15) is 9.59 Å². The van der Waals surface area contributed by atoms with Gasteiger partial charge in [0.2, 0.25) is 11.8 Å². The van der Waals surface area contributed by atoms with E-state index in [1.165, 1.54) is 0 Å². The second kappa shape index (κ2) is 4.87. The van der Waals surface area contributed by atoms with Gasteiger partial charge in [0.1, 0.15) is 11.2 Å². The molecule has 2 aromatic rings. The Bertz CT molecular complexity index is 672. The van der Waals surface area contributed by atoms with Crippen LogP contribution in [-0.4, -0.2) is 44.7 Å². The summed E-state index contributed by atoms with van der Waals surface area (Å²) in [5, 5.41) is 2.79. The maximum absolute atomic E-state index is 12.5. The van der Waals surface area contributed by atoms with Gasteiger partial charge < -0.3 is 14.6 Å². The molecule has 110 valence electrons. The third-order valence-corrected chi connectivity index (χ3v) is 3.90. The molecule has 0 radical (unpaired) electrons. The van der Waals surface area contributed by atoms with Gasteiger partial charge in [-0.25, -0.2) is 4.98 Å². The topological polar surface area (TPSA) is 66.7 Å². The Labute approximate surface area is 122 Å². The van der Waals surface area contributed by atoms with Crippen molar-refractivity contribution in [2.45, 2.75) is 25.8 Å². The molecular formula is C15H18N4O2. The number of fused-ring (bicyclic) bond motifs is 1. The van der Waals surface area contributed by atoms with Crippen LogP contribution in [0.4, 0.5) is 0 Å². The summed E-state index contributed by atoms with van der Waals surface area (Å²) < 4.78 is 1.89. The predicted octanol–water partition coefficient (Wildman–Crippen LogP) is 0.614. The molecule has 0 unspecified atom stereocenters. The van der Waals surface area contributed by atoms with Crippen LogP contribution in [0.5, 0.6) is 0 Å². The van der Waals surface area contributed by atoms with Crippen LogP contribution in [-0.2, 0) is 16.0 Å². The first-order valence-corrected chi connectivity index (χ1v) is 7.00. The van der Waals surface area contributed by atoms with E-state index >= 15 is 0 Å². The van der Waals surface area contributed by atoms with Gasteiger partial charge in [-0.15, -0.1) is 0 Å². The summed E-state index contributed by atoms with van der Waals surface area (Å²) in [5.41, 5.74) is 0.720. The standard InChI is InChI=1S/C15H18N4O2/c1-15(2)14(21)16-6-8-19(15)13(20)9-11-10-18-7-4-3-5-12(18)17-11/h3-5,7,10H,6,8-9H2,1-2H3,(H,16,21). The van der Waals surface area contributed by atoms with Crippen LogP contribution in [0, 0.1) is 0 Å². The van der Waals surface area contributed by atoms with Crippen LogP contribution in [0.1, 0.15) is 19.5 Å². The molecule has 6 nitrogen and oxygen atoms in total. The minimum absolute atomic E-state index is 0.0711. The zero-order valence-electron chi connectivity index (χ0n) is 12.2. The number of aromatic nitrogens is 2. The summed E-state index contributed by atoms with van der Waals surface area (Å²) in [4.78, 5) is 30.5. The number of hydrogen-bond donors (Lipinski definition) is 1. The molecule has 1 saturated heterocycles. The van der Waals surface area contributed by atoms with Crippen molar-refractivity contribution in [2.24, 2.45) is 0 Å². The highest BCUT2D eigenvalue weighted by Gasteiger charge is 2.40. The van der Waals surface area contributed by atoms with Crippen LogP contribution in [0.25, 0.3) is 5.65 Å². The fraction of sp³-hybridized carbons (Fsp3) is 0.400. The zero-order chi connectivity index (χ0) is 15.0. The molecule has 0 saturated carbocycles. The van der Waals surface area contributed by atoms with Crippen LogP contribution in [0.15, 0.2) is 30.6 Å². The first-order valence-electron chi connectivity index (χ1n) is 7.00. The number of imidazole rings is 1. The van der Waals surface area contributed by atoms with E-state index in [1.54, 1.807) is 18.7 Å². The zero-order valence-corrected chi connectivity index (χ0v) is 12.2. The van der Waals surface area contributed by atoms with Crippen molar-refractivity contribution in [3.05, 3.63) is 36.3 Å². The minimum Gasteiger partial charge on any atom is -0.352 e. The summed E-state index contributed by atoms with van der Waals surface area (Å²) in [6.07, 6.45) is 3.96. The predicted molar refractivity (Wildman–Crippen MR) is 77.7 cm³/mol. The third-order valence-electron chi connectivity index (χ3n) is 3.90. The van der Waals surface area contributed by atoms with E-state index in [2.05, 4.69) is 10.3 Å². The minimum atomic E-state index is -0.811. The molecule has 3 rings (SSSR count). The number of rotatable bonds is 2. The van der Waals surface area contributed by atoms with Crippen LogP contribution in [0.3, 0.4) is 0 Å². The molecule has 0 atom stereocenters. The highest BCUT2D eigenvalue weighted by molar-refractivity contribution is 5.92. The van der Waals surface area contributed by atoms with Crippen LogP contribution < -0.4 is 5.32 Å². The van der Waals surface area contributed by atoms with Gasteiger partial charge in [0.25, 0.3) is 0 Å². The summed E-state index contributed by atoms with van der Waals surface area (Å²) in [6.45, 7) is 4.57. The number of pyridine rings is 1. The maximum Gasteiger partial charge on any atom is 0.245 e. The van der Waals surface area contributed by atoms with E-state index in [0.717, 1.165) is 5.65 Å². The highest BCUT2D eigenvalue weighted by atomic mass is 16.2. The summed E-state index contributed by atoms with van der Waals surface area (Å²) >= 11 is 0. The highest BCUT2D eigenvalue weighted by Crippen LogP contribution is 2.19. The first kappa shape index (κ1) is 13.6. The van der Waals surface area contributed by atoms with Crippen molar-refractivity contribution in [3.8, 4) is 0 Å². The van der Waals surface area contributed by atoms with Gasteiger partial charge in [-0.1, -0.05) is 6.07 Å². The number of amides is 2. The summed E-state index contributed by atoms with van der Waals surface area (Å²) in [7, 11) is 0. The molecule has 2 aromatic heterocycles. The fourth-order valence-corrected chi connectivity index (χ4v) is 2.66. The third kappa shape index (κ3) is 2.37. The lowest BCUT2D eigenvalue weighted by Gasteiger charge is -2.41. The lowest BCUT2D eigenvalue weighted by atomic mass is 9.98.